The number of nitrogens with zero attached hydrogens (tertiary/aromatic N) is 3. The SMILES string of the molecule is COc1ccccc1-c1nc(-c2cccc(C(=O)NCCN(C)C)c2)cnc1N. The van der Waals surface area contributed by atoms with Crippen molar-refractivity contribution in [2.45, 2.75) is 0 Å². The zero-order chi connectivity index (χ0) is 20.8. The van der Waals surface area contributed by atoms with Gasteiger partial charge >= 0.3 is 0 Å². The summed E-state index contributed by atoms with van der Waals surface area (Å²) in [6.45, 7) is 1.35. The second-order valence-corrected chi connectivity index (χ2v) is 6.83. The molecule has 0 spiro atoms. The van der Waals surface area contributed by atoms with Crippen molar-refractivity contribution in [2.24, 2.45) is 0 Å². The molecule has 29 heavy (non-hydrogen) atoms. The van der Waals surface area contributed by atoms with Crippen LogP contribution >= 0.6 is 0 Å². The van der Waals surface area contributed by atoms with Gasteiger partial charge in [0.05, 0.1) is 19.0 Å². The number of carbonyl (C=O) groups is 1. The molecule has 1 amide bonds. The zero-order valence-corrected chi connectivity index (χ0v) is 16.8. The molecule has 0 aliphatic heterocycles. The summed E-state index contributed by atoms with van der Waals surface area (Å²) >= 11 is 0. The Morgan fingerprint density at radius 2 is 1.97 bits per heavy atom. The highest BCUT2D eigenvalue weighted by Crippen LogP contribution is 2.32. The minimum atomic E-state index is -0.123. The molecule has 3 N–H and O–H groups in total. The highest BCUT2D eigenvalue weighted by molar-refractivity contribution is 5.95. The van der Waals surface area contributed by atoms with Gasteiger partial charge in [-0.1, -0.05) is 24.3 Å². The number of likely N-dealkylation sites (N-methyl/N-ethyl adjacent to an activating group) is 1. The van der Waals surface area contributed by atoms with Crippen molar-refractivity contribution in [3.8, 4) is 28.3 Å². The maximum atomic E-state index is 12.4. The van der Waals surface area contributed by atoms with Crippen LogP contribution in [0, 0.1) is 0 Å². The summed E-state index contributed by atoms with van der Waals surface area (Å²) in [6.07, 6.45) is 1.61. The fourth-order valence-electron chi connectivity index (χ4n) is 2.89. The van der Waals surface area contributed by atoms with Gasteiger partial charge in [0.2, 0.25) is 0 Å². The fourth-order valence-corrected chi connectivity index (χ4v) is 2.89. The largest absolute Gasteiger partial charge is 0.496 e. The Morgan fingerprint density at radius 3 is 2.72 bits per heavy atom. The number of nitrogens with two attached hydrogens (primary N) is 1. The quantitative estimate of drug-likeness (QED) is 0.643. The molecule has 0 radical (unpaired) electrons. The highest BCUT2D eigenvalue weighted by atomic mass is 16.5. The van der Waals surface area contributed by atoms with Crippen LogP contribution in [0.4, 0.5) is 5.82 Å². The number of para-hydroxylation sites is 1. The number of carbonyl (C=O) groups excluding carboxylic acids is 1. The molecule has 2 aromatic carbocycles. The van der Waals surface area contributed by atoms with Crippen molar-refractivity contribution in [1.82, 2.24) is 20.2 Å². The van der Waals surface area contributed by atoms with Crippen LogP contribution in [0.1, 0.15) is 10.4 Å². The normalized spacial score (nSPS) is 10.8. The number of nitrogens with one attached hydrogen (secondary N) is 1. The summed E-state index contributed by atoms with van der Waals surface area (Å²) in [6, 6.07) is 14.8. The van der Waals surface area contributed by atoms with Crippen LogP contribution in [0.3, 0.4) is 0 Å². The Balaban J connectivity index is 1.91. The van der Waals surface area contributed by atoms with E-state index in [4.69, 9.17) is 15.5 Å². The number of nitrogen functional groups attached to an aromatic ring is 1. The topological polar surface area (TPSA) is 93.4 Å². The van der Waals surface area contributed by atoms with E-state index in [2.05, 4.69) is 10.3 Å². The number of hydrogen-bond acceptors (Lipinski definition) is 6. The Kier molecular flexibility index (Phi) is 6.41. The van der Waals surface area contributed by atoms with Crippen LogP contribution in [0.25, 0.3) is 22.5 Å². The van der Waals surface area contributed by atoms with E-state index in [0.717, 1.165) is 17.7 Å². The first-order valence-corrected chi connectivity index (χ1v) is 9.29. The minimum Gasteiger partial charge on any atom is -0.496 e. The van der Waals surface area contributed by atoms with Gasteiger partial charge in [-0.3, -0.25) is 4.79 Å². The molecule has 7 heteroatoms. The number of benzene rings is 2. The van der Waals surface area contributed by atoms with Gasteiger partial charge in [0.25, 0.3) is 5.91 Å². The van der Waals surface area contributed by atoms with Gasteiger partial charge < -0.3 is 20.7 Å². The number of amides is 1. The molecule has 3 rings (SSSR count). The summed E-state index contributed by atoms with van der Waals surface area (Å²) in [5, 5.41) is 2.92. The number of rotatable bonds is 7. The molecule has 7 nitrogen and oxygen atoms in total. The maximum absolute atomic E-state index is 12.4. The molecule has 0 saturated heterocycles. The molecule has 1 aromatic heterocycles. The van der Waals surface area contributed by atoms with E-state index in [9.17, 15) is 4.79 Å². The van der Waals surface area contributed by atoms with Crippen LogP contribution in [0.15, 0.2) is 54.7 Å². The Hall–Kier alpha value is -3.45. The Labute approximate surface area is 170 Å². The van der Waals surface area contributed by atoms with Gasteiger partial charge in [-0.15, -0.1) is 0 Å². The van der Waals surface area contributed by atoms with Gasteiger partial charge in [-0.05, 0) is 38.4 Å². The molecule has 0 aliphatic rings. The average molecular weight is 391 g/mol. The van der Waals surface area contributed by atoms with Gasteiger partial charge in [-0.2, -0.15) is 0 Å². The van der Waals surface area contributed by atoms with Crippen LogP contribution in [-0.2, 0) is 0 Å². The predicted molar refractivity (Wildman–Crippen MR) is 115 cm³/mol. The van der Waals surface area contributed by atoms with Crippen LogP contribution in [0.2, 0.25) is 0 Å². The van der Waals surface area contributed by atoms with Crippen molar-refractivity contribution in [1.29, 1.82) is 0 Å². The summed E-state index contributed by atoms with van der Waals surface area (Å²) in [4.78, 5) is 23.5. The molecule has 0 bridgehead atoms. The molecule has 1 heterocycles. The average Bonchev–Trinajstić information content (AvgIpc) is 2.74. The van der Waals surface area contributed by atoms with E-state index >= 15 is 0 Å². The van der Waals surface area contributed by atoms with Gasteiger partial charge in [0, 0.05) is 29.8 Å². The van der Waals surface area contributed by atoms with Crippen LogP contribution < -0.4 is 15.8 Å². The molecule has 0 atom stereocenters. The summed E-state index contributed by atoms with van der Waals surface area (Å²) in [5.74, 6) is 0.859. The lowest BCUT2D eigenvalue weighted by atomic mass is 10.1. The molecule has 150 valence electrons. The molecular formula is C22H25N5O2. The minimum absolute atomic E-state index is 0.123. The smallest absolute Gasteiger partial charge is 0.251 e. The first kappa shape index (κ1) is 20.3. The number of ether oxygens (including phenoxy) is 1. The van der Waals surface area contributed by atoms with E-state index in [0.29, 0.717) is 35.1 Å². The highest BCUT2D eigenvalue weighted by Gasteiger charge is 2.14. The van der Waals surface area contributed by atoms with E-state index < -0.39 is 0 Å². The van der Waals surface area contributed by atoms with Gasteiger partial charge in [0.15, 0.2) is 0 Å². The first-order chi connectivity index (χ1) is 14.0. The molecular weight excluding hydrogens is 366 g/mol. The van der Waals surface area contributed by atoms with Gasteiger partial charge in [0.1, 0.15) is 17.3 Å². The molecule has 0 aliphatic carbocycles. The van der Waals surface area contributed by atoms with E-state index in [-0.39, 0.29) is 5.91 Å². The monoisotopic (exact) mass is 391 g/mol. The van der Waals surface area contributed by atoms with Crippen LogP contribution in [-0.4, -0.2) is 55.1 Å². The summed E-state index contributed by atoms with van der Waals surface area (Å²) < 4.78 is 5.43. The lowest BCUT2D eigenvalue weighted by molar-refractivity contribution is 0.0951. The zero-order valence-electron chi connectivity index (χ0n) is 16.8. The number of methoxy groups -OCH3 is 1. The van der Waals surface area contributed by atoms with Gasteiger partial charge in [-0.25, -0.2) is 9.97 Å². The number of anilines is 1. The van der Waals surface area contributed by atoms with E-state index in [1.807, 2.05) is 55.4 Å². The standard InChI is InChI=1S/C22H25N5O2/c1-27(2)12-11-24-22(28)16-8-6-7-15(13-16)18-14-25-21(23)20(26-18)17-9-4-5-10-19(17)29-3/h4-10,13-14H,11-12H2,1-3H3,(H2,23,25)(H,24,28). The number of aromatic nitrogens is 2. The molecule has 0 fully saturated rings. The Bertz CT molecular complexity index is 1000. The van der Waals surface area contributed by atoms with E-state index in [1.54, 1.807) is 25.4 Å². The van der Waals surface area contributed by atoms with Crippen LogP contribution in [0.5, 0.6) is 5.75 Å². The van der Waals surface area contributed by atoms with Crippen molar-refractivity contribution in [3.63, 3.8) is 0 Å². The first-order valence-electron chi connectivity index (χ1n) is 9.29. The molecule has 0 saturated carbocycles. The Morgan fingerprint density at radius 1 is 1.17 bits per heavy atom. The van der Waals surface area contributed by atoms with Crippen molar-refractivity contribution in [2.75, 3.05) is 40.0 Å². The second kappa shape index (κ2) is 9.16. The van der Waals surface area contributed by atoms with Crippen molar-refractivity contribution < 1.29 is 9.53 Å². The lowest BCUT2D eigenvalue weighted by Gasteiger charge is -2.12. The number of hydrogen-bond donors (Lipinski definition) is 2. The summed E-state index contributed by atoms with van der Waals surface area (Å²) in [7, 11) is 5.53. The fraction of sp³-hybridized carbons (Fsp3) is 0.227. The third-order valence-corrected chi connectivity index (χ3v) is 4.43. The van der Waals surface area contributed by atoms with E-state index in [1.165, 1.54) is 0 Å². The third kappa shape index (κ3) is 4.89. The lowest BCUT2D eigenvalue weighted by Crippen LogP contribution is -2.31. The van der Waals surface area contributed by atoms with Crippen molar-refractivity contribution in [3.05, 3.63) is 60.3 Å². The third-order valence-electron chi connectivity index (χ3n) is 4.43. The van der Waals surface area contributed by atoms with Crippen molar-refractivity contribution >= 4 is 11.7 Å². The molecule has 0 unspecified atom stereocenters. The summed E-state index contributed by atoms with van der Waals surface area (Å²) in [5.41, 5.74) is 9.37. The predicted octanol–water partition coefficient (Wildman–Crippen LogP) is 2.69. The maximum Gasteiger partial charge on any atom is 0.251 e. The second-order valence-electron chi connectivity index (χ2n) is 6.83. The molecule has 3 aromatic rings.